The number of carbonyl (C=O) groups excluding carboxylic acids is 2. The molecule has 0 aliphatic carbocycles. The number of amides is 3. The zero-order valence-electron chi connectivity index (χ0n) is 25.6. The van der Waals surface area contributed by atoms with Gasteiger partial charge in [0.2, 0.25) is 5.91 Å². The maximum Gasteiger partial charge on any atom is 0.322 e. The third-order valence-electron chi connectivity index (χ3n) is 6.87. The maximum absolute atomic E-state index is 13.6. The van der Waals surface area contributed by atoms with Crippen molar-refractivity contribution in [3.63, 3.8) is 0 Å². The molecule has 0 aliphatic rings. The molecule has 2 N–H and O–H groups in total. The van der Waals surface area contributed by atoms with Crippen LogP contribution in [0.5, 0.6) is 5.75 Å². The third kappa shape index (κ3) is 7.23. The van der Waals surface area contributed by atoms with Crippen LogP contribution in [-0.2, 0) is 10.2 Å². The Kier molecular flexibility index (Phi) is 9.66. The van der Waals surface area contributed by atoms with Crippen molar-refractivity contribution in [3.05, 3.63) is 65.4 Å². The summed E-state index contributed by atoms with van der Waals surface area (Å²) in [5, 5.41) is 10.9. The van der Waals surface area contributed by atoms with Gasteiger partial charge >= 0.3 is 6.03 Å². The van der Waals surface area contributed by atoms with E-state index in [2.05, 4.69) is 59.1 Å². The van der Waals surface area contributed by atoms with E-state index in [4.69, 9.17) is 9.84 Å². The van der Waals surface area contributed by atoms with E-state index in [0.29, 0.717) is 5.82 Å². The van der Waals surface area contributed by atoms with Gasteiger partial charge < -0.3 is 20.3 Å². The summed E-state index contributed by atoms with van der Waals surface area (Å²) in [6.45, 7) is 18.4. The number of hydrogen-bond donors (Lipinski definition) is 2. The average Bonchev–Trinajstić information content (AvgIpc) is 3.31. The van der Waals surface area contributed by atoms with Crippen molar-refractivity contribution in [2.75, 3.05) is 24.3 Å². The molecule has 0 saturated heterocycles. The standard InChI is InChI=1S/C32H45N5O3/c1-20(2)25-12-11-13-26(21(3)4)30(25)34-31(39)36(22(5)6)19-29(38)33-28-18-27(32(7,8)9)35-37(28)23-14-16-24(40-10)17-15-23/h11-18,20-22H,19H2,1-10H3,(H,33,38)(H,34,39). The van der Waals surface area contributed by atoms with Crippen molar-refractivity contribution in [1.82, 2.24) is 14.7 Å². The van der Waals surface area contributed by atoms with E-state index in [1.807, 2.05) is 62.4 Å². The average molecular weight is 548 g/mol. The summed E-state index contributed by atoms with van der Waals surface area (Å²) < 4.78 is 7.00. The van der Waals surface area contributed by atoms with Crippen LogP contribution in [0.4, 0.5) is 16.3 Å². The van der Waals surface area contributed by atoms with Crippen LogP contribution in [0.2, 0.25) is 0 Å². The van der Waals surface area contributed by atoms with Gasteiger partial charge in [0.05, 0.1) is 18.5 Å². The molecule has 1 heterocycles. The highest BCUT2D eigenvalue weighted by atomic mass is 16.5. The number of urea groups is 1. The number of benzene rings is 2. The minimum atomic E-state index is -0.306. The monoisotopic (exact) mass is 547 g/mol. The lowest BCUT2D eigenvalue weighted by atomic mass is 9.92. The highest BCUT2D eigenvalue weighted by molar-refractivity contribution is 5.97. The number of para-hydroxylation sites is 1. The molecule has 3 aromatic rings. The Morgan fingerprint density at radius 3 is 1.98 bits per heavy atom. The number of nitrogens with one attached hydrogen (secondary N) is 2. The first-order valence-corrected chi connectivity index (χ1v) is 14.0. The molecule has 40 heavy (non-hydrogen) atoms. The van der Waals surface area contributed by atoms with Gasteiger partial charge in [0, 0.05) is 23.2 Å². The van der Waals surface area contributed by atoms with Gasteiger partial charge in [-0.2, -0.15) is 5.10 Å². The van der Waals surface area contributed by atoms with Crippen LogP contribution < -0.4 is 15.4 Å². The first-order chi connectivity index (χ1) is 18.7. The molecule has 3 amide bonds. The molecule has 0 radical (unpaired) electrons. The number of methoxy groups -OCH3 is 1. The van der Waals surface area contributed by atoms with Gasteiger partial charge in [-0.1, -0.05) is 66.7 Å². The van der Waals surface area contributed by atoms with E-state index in [9.17, 15) is 9.59 Å². The van der Waals surface area contributed by atoms with Gasteiger partial charge in [-0.05, 0) is 61.1 Å². The van der Waals surface area contributed by atoms with E-state index in [-0.39, 0.29) is 41.8 Å². The maximum atomic E-state index is 13.6. The highest BCUT2D eigenvalue weighted by Gasteiger charge is 2.26. The van der Waals surface area contributed by atoms with Crippen LogP contribution >= 0.6 is 0 Å². The topological polar surface area (TPSA) is 88.5 Å². The van der Waals surface area contributed by atoms with Gasteiger partial charge in [-0.25, -0.2) is 9.48 Å². The number of anilines is 2. The predicted octanol–water partition coefficient (Wildman–Crippen LogP) is 7.31. The molecule has 8 nitrogen and oxygen atoms in total. The van der Waals surface area contributed by atoms with E-state index in [1.165, 1.54) is 0 Å². The smallest absolute Gasteiger partial charge is 0.322 e. The normalized spacial score (nSPS) is 11.7. The molecule has 0 atom stereocenters. The quantitative estimate of drug-likeness (QED) is 0.294. The van der Waals surface area contributed by atoms with Crippen LogP contribution in [-0.4, -0.2) is 46.3 Å². The van der Waals surface area contributed by atoms with Gasteiger partial charge in [-0.15, -0.1) is 0 Å². The first kappa shape index (κ1) is 30.7. The second-order valence-corrected chi connectivity index (χ2v) is 12.1. The summed E-state index contributed by atoms with van der Waals surface area (Å²) in [6, 6.07) is 15.0. The second-order valence-electron chi connectivity index (χ2n) is 12.1. The summed E-state index contributed by atoms with van der Waals surface area (Å²) in [6.07, 6.45) is 0. The first-order valence-electron chi connectivity index (χ1n) is 14.0. The van der Waals surface area contributed by atoms with Crippen molar-refractivity contribution < 1.29 is 14.3 Å². The SMILES string of the molecule is COc1ccc(-n2nc(C(C)(C)C)cc2NC(=O)CN(C(=O)Nc2c(C(C)C)cccc2C(C)C)C(C)C)cc1. The van der Waals surface area contributed by atoms with Crippen molar-refractivity contribution in [1.29, 1.82) is 0 Å². The number of ether oxygens (including phenoxy) is 1. The van der Waals surface area contributed by atoms with Gasteiger partial charge in [0.25, 0.3) is 0 Å². The number of hydrogen-bond acceptors (Lipinski definition) is 4. The molecule has 0 bridgehead atoms. The Balaban J connectivity index is 1.87. The minimum Gasteiger partial charge on any atom is -0.497 e. The Bertz CT molecular complexity index is 1290. The molecule has 2 aromatic carbocycles. The lowest BCUT2D eigenvalue weighted by Crippen LogP contribution is -2.45. The van der Waals surface area contributed by atoms with Crippen molar-refractivity contribution in [2.45, 2.75) is 85.6 Å². The van der Waals surface area contributed by atoms with E-state index in [0.717, 1.165) is 33.9 Å². The number of carbonyl (C=O) groups is 2. The molecular weight excluding hydrogens is 502 g/mol. The fourth-order valence-electron chi connectivity index (χ4n) is 4.46. The molecule has 1 aromatic heterocycles. The molecule has 216 valence electrons. The fraction of sp³-hybridized carbons (Fsp3) is 0.469. The number of aromatic nitrogens is 2. The van der Waals surface area contributed by atoms with Crippen LogP contribution in [0.1, 0.15) is 91.0 Å². The van der Waals surface area contributed by atoms with Crippen LogP contribution in [0.15, 0.2) is 48.5 Å². The van der Waals surface area contributed by atoms with E-state index in [1.54, 1.807) is 16.7 Å². The molecule has 0 spiro atoms. The Labute approximate surface area is 239 Å². The Morgan fingerprint density at radius 2 is 1.50 bits per heavy atom. The van der Waals surface area contributed by atoms with Gasteiger partial charge in [0.1, 0.15) is 18.1 Å². The lowest BCUT2D eigenvalue weighted by Gasteiger charge is -2.28. The summed E-state index contributed by atoms with van der Waals surface area (Å²) in [5.41, 5.74) is 4.38. The third-order valence-corrected chi connectivity index (χ3v) is 6.87. The van der Waals surface area contributed by atoms with Crippen molar-refractivity contribution in [2.24, 2.45) is 0 Å². The summed E-state index contributed by atoms with van der Waals surface area (Å²) in [7, 11) is 1.62. The Hall–Kier alpha value is -3.81. The summed E-state index contributed by atoms with van der Waals surface area (Å²) in [4.78, 5) is 28.5. The van der Waals surface area contributed by atoms with Crippen molar-refractivity contribution in [3.8, 4) is 11.4 Å². The largest absolute Gasteiger partial charge is 0.497 e. The molecule has 0 aliphatic heterocycles. The van der Waals surface area contributed by atoms with Crippen LogP contribution in [0.25, 0.3) is 5.69 Å². The minimum absolute atomic E-state index is 0.108. The summed E-state index contributed by atoms with van der Waals surface area (Å²) >= 11 is 0. The molecule has 0 unspecified atom stereocenters. The van der Waals surface area contributed by atoms with Gasteiger partial charge in [-0.3, -0.25) is 4.79 Å². The lowest BCUT2D eigenvalue weighted by molar-refractivity contribution is -0.117. The van der Waals surface area contributed by atoms with Gasteiger partial charge in [0.15, 0.2) is 0 Å². The van der Waals surface area contributed by atoms with Crippen molar-refractivity contribution >= 4 is 23.4 Å². The zero-order valence-corrected chi connectivity index (χ0v) is 25.6. The Morgan fingerprint density at radius 1 is 0.925 bits per heavy atom. The van der Waals surface area contributed by atoms with E-state index >= 15 is 0 Å². The fourth-order valence-corrected chi connectivity index (χ4v) is 4.46. The molecule has 8 heteroatoms. The molecule has 0 saturated carbocycles. The highest BCUT2D eigenvalue weighted by Crippen LogP contribution is 2.33. The van der Waals surface area contributed by atoms with E-state index < -0.39 is 0 Å². The predicted molar refractivity (Wildman–Crippen MR) is 163 cm³/mol. The van der Waals surface area contributed by atoms with Crippen LogP contribution in [0.3, 0.4) is 0 Å². The zero-order chi connectivity index (χ0) is 29.8. The molecule has 3 rings (SSSR count). The molecule has 0 fully saturated rings. The second kappa shape index (κ2) is 12.6. The molecular formula is C32H45N5O3. The summed E-state index contributed by atoms with van der Waals surface area (Å²) in [5.74, 6) is 1.44. The number of nitrogens with zero attached hydrogens (tertiary/aromatic N) is 3. The number of rotatable bonds is 9. The van der Waals surface area contributed by atoms with Crippen LogP contribution in [0, 0.1) is 0 Å².